The number of hydrogen-bond acceptors (Lipinski definition) is 3. The quantitative estimate of drug-likeness (QED) is 0.828. The van der Waals surface area contributed by atoms with Crippen LogP contribution in [0.3, 0.4) is 0 Å². The molecule has 4 heteroatoms. The number of carboxylic acid groups (broad SMARTS) is 1. The molecule has 1 aromatic rings. The number of rotatable bonds is 3. The third-order valence-electron chi connectivity index (χ3n) is 3.45. The monoisotopic (exact) mass is 235 g/mol. The van der Waals surface area contributed by atoms with E-state index in [2.05, 4.69) is 0 Å². The number of carboxylic acids is 1. The van der Waals surface area contributed by atoms with Gasteiger partial charge in [-0.1, -0.05) is 32.0 Å². The van der Waals surface area contributed by atoms with Crippen molar-refractivity contribution in [1.29, 1.82) is 0 Å². The molecular weight excluding hydrogens is 218 g/mol. The van der Waals surface area contributed by atoms with Crippen LogP contribution in [-0.4, -0.2) is 23.7 Å². The molecule has 1 aliphatic heterocycles. The third kappa shape index (κ3) is 1.89. The fraction of sp³-hybridized carbons (Fsp3) is 0.462. The van der Waals surface area contributed by atoms with E-state index in [0.29, 0.717) is 6.61 Å². The second-order valence-electron chi connectivity index (χ2n) is 4.93. The fourth-order valence-corrected chi connectivity index (χ4v) is 2.20. The summed E-state index contributed by atoms with van der Waals surface area (Å²) >= 11 is 0. The zero-order valence-electron chi connectivity index (χ0n) is 10.1. The minimum atomic E-state index is -0.995. The van der Waals surface area contributed by atoms with E-state index in [1.165, 1.54) is 0 Å². The first kappa shape index (κ1) is 11.9. The fourth-order valence-electron chi connectivity index (χ4n) is 2.20. The Labute approximate surface area is 100 Å². The van der Waals surface area contributed by atoms with Crippen LogP contribution < -0.4 is 10.5 Å². The molecule has 0 radical (unpaired) electrons. The van der Waals surface area contributed by atoms with Crippen LogP contribution in [-0.2, 0) is 16.6 Å². The smallest absolute Gasteiger partial charge is 0.321 e. The van der Waals surface area contributed by atoms with Crippen molar-refractivity contribution in [3.63, 3.8) is 0 Å². The highest BCUT2D eigenvalue weighted by Crippen LogP contribution is 2.38. The summed E-state index contributed by atoms with van der Waals surface area (Å²) in [4.78, 5) is 11.1. The lowest BCUT2D eigenvalue weighted by Gasteiger charge is -2.30. The molecule has 0 amide bonds. The summed E-state index contributed by atoms with van der Waals surface area (Å²) in [7, 11) is 0. The average molecular weight is 235 g/mol. The second kappa shape index (κ2) is 4.04. The van der Waals surface area contributed by atoms with Gasteiger partial charge in [-0.15, -0.1) is 0 Å². The number of nitrogens with two attached hydrogens (primary N) is 1. The minimum Gasteiger partial charge on any atom is -0.493 e. The van der Waals surface area contributed by atoms with Gasteiger partial charge in [-0.2, -0.15) is 0 Å². The highest BCUT2D eigenvalue weighted by atomic mass is 16.5. The van der Waals surface area contributed by atoms with Crippen molar-refractivity contribution in [3.05, 3.63) is 29.3 Å². The molecule has 0 bridgehead atoms. The number of para-hydroxylation sites is 1. The molecule has 0 fully saturated rings. The van der Waals surface area contributed by atoms with Gasteiger partial charge in [0.25, 0.3) is 0 Å². The highest BCUT2D eigenvalue weighted by Gasteiger charge is 2.37. The predicted molar refractivity (Wildman–Crippen MR) is 64.3 cm³/mol. The second-order valence-corrected chi connectivity index (χ2v) is 4.93. The van der Waals surface area contributed by atoms with Gasteiger partial charge in [0.15, 0.2) is 0 Å². The summed E-state index contributed by atoms with van der Waals surface area (Å²) < 4.78 is 5.60. The molecule has 92 valence electrons. The van der Waals surface area contributed by atoms with Gasteiger partial charge in [-0.25, -0.2) is 0 Å². The molecule has 0 saturated carbocycles. The van der Waals surface area contributed by atoms with E-state index in [9.17, 15) is 4.79 Å². The molecule has 1 aliphatic rings. The molecular formula is C13H17NO3. The Morgan fingerprint density at radius 1 is 1.53 bits per heavy atom. The lowest BCUT2D eigenvalue weighted by atomic mass is 9.77. The molecule has 1 aromatic carbocycles. The topological polar surface area (TPSA) is 72.5 Å². The SMILES string of the molecule is CC(C)(c1cccc2c1OCC2)C(N)C(=O)O. The van der Waals surface area contributed by atoms with Crippen molar-refractivity contribution < 1.29 is 14.6 Å². The molecule has 17 heavy (non-hydrogen) atoms. The molecule has 0 aliphatic carbocycles. The predicted octanol–water partition coefficient (Wildman–Crippen LogP) is 1.31. The third-order valence-corrected chi connectivity index (χ3v) is 3.45. The number of fused-ring (bicyclic) bond motifs is 1. The molecule has 0 saturated heterocycles. The maximum Gasteiger partial charge on any atom is 0.321 e. The van der Waals surface area contributed by atoms with Crippen LogP contribution in [0.15, 0.2) is 18.2 Å². The Morgan fingerprint density at radius 2 is 2.24 bits per heavy atom. The zero-order valence-corrected chi connectivity index (χ0v) is 10.1. The van der Waals surface area contributed by atoms with Crippen LogP contribution in [0.1, 0.15) is 25.0 Å². The van der Waals surface area contributed by atoms with E-state index in [4.69, 9.17) is 15.6 Å². The normalized spacial score (nSPS) is 16.2. The van der Waals surface area contributed by atoms with Crippen LogP contribution in [0.5, 0.6) is 5.75 Å². The van der Waals surface area contributed by atoms with Crippen molar-refractivity contribution in [3.8, 4) is 5.75 Å². The summed E-state index contributed by atoms with van der Waals surface area (Å²) in [6.07, 6.45) is 0.877. The lowest BCUT2D eigenvalue weighted by Crippen LogP contribution is -2.46. The molecule has 4 nitrogen and oxygen atoms in total. The zero-order chi connectivity index (χ0) is 12.6. The standard InChI is InChI=1S/C13H17NO3/c1-13(2,11(14)12(15)16)9-5-3-4-8-6-7-17-10(8)9/h3-5,11H,6-7,14H2,1-2H3,(H,15,16). The van der Waals surface area contributed by atoms with Crippen LogP contribution in [0.4, 0.5) is 0 Å². The number of aliphatic carboxylic acids is 1. The van der Waals surface area contributed by atoms with Crippen LogP contribution in [0.25, 0.3) is 0 Å². The number of hydrogen-bond donors (Lipinski definition) is 2. The van der Waals surface area contributed by atoms with Gasteiger partial charge < -0.3 is 15.6 Å². The first-order valence-corrected chi connectivity index (χ1v) is 5.68. The number of benzene rings is 1. The minimum absolute atomic E-state index is 0.651. The van der Waals surface area contributed by atoms with Gasteiger partial charge in [0.2, 0.25) is 0 Å². The van der Waals surface area contributed by atoms with E-state index in [1.54, 1.807) is 0 Å². The molecule has 1 atom stereocenters. The van der Waals surface area contributed by atoms with Crippen molar-refractivity contribution in [2.24, 2.45) is 5.73 Å². The maximum atomic E-state index is 11.1. The Balaban J connectivity index is 2.47. The van der Waals surface area contributed by atoms with Gasteiger partial charge in [0, 0.05) is 17.4 Å². The van der Waals surface area contributed by atoms with Crippen LogP contribution in [0, 0.1) is 0 Å². The summed E-state index contributed by atoms with van der Waals surface area (Å²) in [5, 5.41) is 9.06. The van der Waals surface area contributed by atoms with Crippen LogP contribution >= 0.6 is 0 Å². The Morgan fingerprint density at radius 3 is 2.88 bits per heavy atom. The summed E-state index contributed by atoms with van der Waals surface area (Å²) in [6.45, 7) is 4.33. The van der Waals surface area contributed by atoms with E-state index >= 15 is 0 Å². The molecule has 0 spiro atoms. The number of carbonyl (C=O) groups is 1. The van der Waals surface area contributed by atoms with Crippen molar-refractivity contribution in [1.82, 2.24) is 0 Å². The largest absolute Gasteiger partial charge is 0.493 e. The van der Waals surface area contributed by atoms with E-state index in [1.807, 2.05) is 32.0 Å². The van der Waals surface area contributed by atoms with Crippen molar-refractivity contribution in [2.45, 2.75) is 31.7 Å². The first-order valence-electron chi connectivity index (χ1n) is 5.68. The van der Waals surface area contributed by atoms with Gasteiger partial charge in [0.05, 0.1) is 6.61 Å². The molecule has 2 rings (SSSR count). The highest BCUT2D eigenvalue weighted by molar-refractivity contribution is 5.76. The summed E-state index contributed by atoms with van der Waals surface area (Å²) in [6, 6.07) is 4.89. The average Bonchev–Trinajstić information content (AvgIpc) is 2.75. The number of ether oxygens (including phenoxy) is 1. The van der Waals surface area contributed by atoms with Gasteiger partial charge in [0.1, 0.15) is 11.8 Å². The molecule has 1 heterocycles. The Kier molecular flexibility index (Phi) is 2.83. The van der Waals surface area contributed by atoms with Crippen LogP contribution in [0.2, 0.25) is 0 Å². The maximum absolute atomic E-state index is 11.1. The van der Waals surface area contributed by atoms with E-state index < -0.39 is 17.4 Å². The molecule has 0 aromatic heterocycles. The van der Waals surface area contributed by atoms with Crippen molar-refractivity contribution >= 4 is 5.97 Å². The van der Waals surface area contributed by atoms with Gasteiger partial charge >= 0.3 is 5.97 Å². The lowest BCUT2D eigenvalue weighted by molar-refractivity contribution is -0.140. The van der Waals surface area contributed by atoms with Crippen molar-refractivity contribution in [2.75, 3.05) is 6.61 Å². The first-order chi connectivity index (χ1) is 7.94. The Bertz CT molecular complexity index is 454. The molecule has 1 unspecified atom stereocenters. The summed E-state index contributed by atoms with van der Waals surface area (Å²) in [5.74, 6) is -0.181. The van der Waals surface area contributed by atoms with E-state index in [0.717, 1.165) is 23.3 Å². The Hall–Kier alpha value is -1.55. The van der Waals surface area contributed by atoms with Gasteiger partial charge in [-0.3, -0.25) is 4.79 Å². The van der Waals surface area contributed by atoms with E-state index in [-0.39, 0.29) is 0 Å². The molecule has 3 N–H and O–H groups in total. The summed E-state index contributed by atoms with van der Waals surface area (Å²) in [5.41, 5.74) is 7.12. The van der Waals surface area contributed by atoms with Gasteiger partial charge in [-0.05, 0) is 5.56 Å².